The van der Waals surface area contributed by atoms with Crippen molar-refractivity contribution in [1.29, 1.82) is 0 Å². The third-order valence-electron chi connectivity index (χ3n) is 5.10. The molecule has 0 saturated carbocycles. The van der Waals surface area contributed by atoms with E-state index < -0.39 is 0 Å². The van der Waals surface area contributed by atoms with E-state index in [4.69, 9.17) is 4.74 Å². The molecule has 29 heavy (non-hydrogen) atoms. The minimum atomic E-state index is -0.244. The third kappa shape index (κ3) is 5.69. The zero-order chi connectivity index (χ0) is 19.9. The van der Waals surface area contributed by atoms with E-state index in [0.717, 1.165) is 63.7 Å². The van der Waals surface area contributed by atoms with Crippen LogP contribution in [0.5, 0.6) is 0 Å². The Hall–Kier alpha value is -2.61. The number of aromatic nitrogens is 3. The molecule has 0 unspecified atom stereocenters. The van der Waals surface area contributed by atoms with E-state index in [1.54, 1.807) is 23.0 Å². The van der Waals surface area contributed by atoms with Gasteiger partial charge in [0.05, 0.1) is 25.1 Å². The Morgan fingerprint density at radius 3 is 2.55 bits per heavy atom. The van der Waals surface area contributed by atoms with Crippen LogP contribution in [0.25, 0.3) is 5.69 Å². The Bertz CT molecular complexity index is 878. The van der Waals surface area contributed by atoms with Crippen LogP contribution in [0.3, 0.4) is 0 Å². The molecular formula is C22H26FN5O. The fraction of sp³-hybridized carbons (Fsp3) is 0.364. The highest BCUT2D eigenvalue weighted by Gasteiger charge is 2.14. The first-order chi connectivity index (χ1) is 14.3. The van der Waals surface area contributed by atoms with Gasteiger partial charge < -0.3 is 4.74 Å². The molecule has 0 N–H and O–H groups in total. The van der Waals surface area contributed by atoms with Crippen molar-refractivity contribution in [1.82, 2.24) is 24.6 Å². The van der Waals surface area contributed by atoms with Crippen molar-refractivity contribution in [2.45, 2.75) is 13.1 Å². The second-order valence-corrected chi connectivity index (χ2v) is 7.30. The highest BCUT2D eigenvalue weighted by molar-refractivity contribution is 5.31. The second-order valence-electron chi connectivity index (χ2n) is 7.30. The second kappa shape index (κ2) is 9.73. The Kier molecular flexibility index (Phi) is 6.61. The molecule has 4 rings (SSSR count). The van der Waals surface area contributed by atoms with E-state index in [0.29, 0.717) is 0 Å². The fourth-order valence-electron chi connectivity index (χ4n) is 3.51. The Labute approximate surface area is 170 Å². The van der Waals surface area contributed by atoms with Crippen LogP contribution in [-0.4, -0.2) is 64.0 Å². The van der Waals surface area contributed by atoms with Gasteiger partial charge >= 0.3 is 0 Å². The number of hydrogen-bond donors (Lipinski definition) is 0. The molecule has 0 bridgehead atoms. The van der Waals surface area contributed by atoms with Crippen LogP contribution in [0.4, 0.5) is 4.39 Å². The van der Waals surface area contributed by atoms with Crippen LogP contribution in [0.1, 0.15) is 11.1 Å². The van der Waals surface area contributed by atoms with Gasteiger partial charge in [-0.05, 0) is 35.9 Å². The molecule has 1 saturated heterocycles. The molecule has 7 heteroatoms. The SMILES string of the molecule is Fc1ccc(-n2cc(CN(CCN3CCOCC3)Cc3cccnc3)cn2)cc1. The zero-order valence-electron chi connectivity index (χ0n) is 16.5. The summed E-state index contributed by atoms with van der Waals surface area (Å²) in [5, 5.41) is 4.45. The highest BCUT2D eigenvalue weighted by Crippen LogP contribution is 2.13. The number of benzene rings is 1. The summed E-state index contributed by atoms with van der Waals surface area (Å²) in [5.41, 5.74) is 3.17. The van der Waals surface area contributed by atoms with Gasteiger partial charge in [-0.1, -0.05) is 6.07 Å². The summed E-state index contributed by atoms with van der Waals surface area (Å²) >= 11 is 0. The molecular weight excluding hydrogens is 369 g/mol. The summed E-state index contributed by atoms with van der Waals surface area (Å²) in [6.45, 7) is 7.19. The summed E-state index contributed by atoms with van der Waals surface area (Å²) in [5.74, 6) is -0.244. The maximum atomic E-state index is 13.2. The lowest BCUT2D eigenvalue weighted by molar-refractivity contribution is 0.0325. The minimum absolute atomic E-state index is 0.244. The topological polar surface area (TPSA) is 46.4 Å². The summed E-state index contributed by atoms with van der Waals surface area (Å²) in [6, 6.07) is 10.5. The molecule has 3 aromatic rings. The van der Waals surface area contributed by atoms with Gasteiger partial charge in [0.25, 0.3) is 0 Å². The van der Waals surface area contributed by atoms with E-state index in [9.17, 15) is 4.39 Å². The van der Waals surface area contributed by atoms with Crippen molar-refractivity contribution in [3.8, 4) is 5.69 Å². The average Bonchev–Trinajstić information content (AvgIpc) is 3.22. The molecule has 2 aromatic heterocycles. The van der Waals surface area contributed by atoms with Crippen LogP contribution in [0.2, 0.25) is 0 Å². The van der Waals surface area contributed by atoms with Crippen LogP contribution in [0.15, 0.2) is 61.2 Å². The summed E-state index contributed by atoms with van der Waals surface area (Å²) in [6.07, 6.45) is 7.62. The van der Waals surface area contributed by atoms with Gasteiger partial charge in [0.1, 0.15) is 5.82 Å². The number of ether oxygens (including phenoxy) is 1. The standard InChI is InChI=1S/C22H26FN5O/c23-21-3-5-22(6-4-21)28-18-20(15-25-28)17-27(16-19-2-1-7-24-14-19)9-8-26-10-12-29-13-11-26/h1-7,14-15,18H,8-13,16-17H2. The van der Waals surface area contributed by atoms with Gasteiger partial charge in [-0.25, -0.2) is 9.07 Å². The zero-order valence-corrected chi connectivity index (χ0v) is 16.5. The van der Waals surface area contributed by atoms with Gasteiger partial charge in [0.15, 0.2) is 0 Å². The van der Waals surface area contributed by atoms with Crippen molar-refractivity contribution >= 4 is 0 Å². The molecule has 6 nitrogen and oxygen atoms in total. The molecule has 0 amide bonds. The van der Waals surface area contributed by atoms with Crippen molar-refractivity contribution < 1.29 is 9.13 Å². The molecule has 0 spiro atoms. The monoisotopic (exact) mass is 395 g/mol. The third-order valence-corrected chi connectivity index (χ3v) is 5.10. The first kappa shape index (κ1) is 19.7. The summed E-state index contributed by atoms with van der Waals surface area (Å²) < 4.78 is 20.4. The first-order valence-corrected chi connectivity index (χ1v) is 9.97. The maximum absolute atomic E-state index is 13.2. The average molecular weight is 395 g/mol. The molecule has 1 fully saturated rings. The lowest BCUT2D eigenvalue weighted by Crippen LogP contribution is -2.41. The summed E-state index contributed by atoms with van der Waals surface area (Å²) in [7, 11) is 0. The van der Waals surface area contributed by atoms with Crippen molar-refractivity contribution in [3.63, 3.8) is 0 Å². The normalized spacial score (nSPS) is 15.1. The lowest BCUT2D eigenvalue weighted by atomic mass is 10.2. The lowest BCUT2D eigenvalue weighted by Gasteiger charge is -2.30. The van der Waals surface area contributed by atoms with Gasteiger partial charge in [-0.3, -0.25) is 14.8 Å². The predicted octanol–water partition coefficient (Wildman–Crippen LogP) is 2.74. The van der Waals surface area contributed by atoms with Crippen LogP contribution in [0, 0.1) is 5.82 Å². The number of nitrogens with zero attached hydrogens (tertiary/aromatic N) is 5. The smallest absolute Gasteiger partial charge is 0.123 e. The number of hydrogen-bond acceptors (Lipinski definition) is 5. The minimum Gasteiger partial charge on any atom is -0.379 e. The quantitative estimate of drug-likeness (QED) is 0.587. The van der Waals surface area contributed by atoms with Crippen LogP contribution >= 0.6 is 0 Å². The van der Waals surface area contributed by atoms with Crippen LogP contribution < -0.4 is 0 Å². The van der Waals surface area contributed by atoms with Crippen molar-refractivity contribution in [2.24, 2.45) is 0 Å². The predicted molar refractivity (Wildman–Crippen MR) is 109 cm³/mol. The number of halogens is 1. The number of pyridine rings is 1. The Morgan fingerprint density at radius 1 is 1.00 bits per heavy atom. The number of morpholine rings is 1. The molecule has 0 atom stereocenters. The largest absolute Gasteiger partial charge is 0.379 e. The molecule has 1 aliphatic heterocycles. The molecule has 1 aromatic carbocycles. The van der Waals surface area contributed by atoms with Gasteiger partial charge in [-0.2, -0.15) is 5.10 Å². The first-order valence-electron chi connectivity index (χ1n) is 9.97. The van der Waals surface area contributed by atoms with Gasteiger partial charge in [-0.15, -0.1) is 0 Å². The molecule has 1 aliphatic rings. The van der Waals surface area contributed by atoms with E-state index in [1.807, 2.05) is 24.7 Å². The maximum Gasteiger partial charge on any atom is 0.123 e. The summed E-state index contributed by atoms with van der Waals surface area (Å²) in [4.78, 5) is 9.11. The van der Waals surface area contributed by atoms with E-state index in [-0.39, 0.29) is 5.82 Å². The Morgan fingerprint density at radius 2 is 1.79 bits per heavy atom. The van der Waals surface area contributed by atoms with E-state index in [1.165, 1.54) is 17.7 Å². The molecule has 0 aliphatic carbocycles. The fourth-order valence-corrected chi connectivity index (χ4v) is 3.51. The van der Waals surface area contributed by atoms with Gasteiger partial charge in [0.2, 0.25) is 0 Å². The molecule has 152 valence electrons. The van der Waals surface area contributed by atoms with Gasteiger partial charge in [0, 0.05) is 63.4 Å². The van der Waals surface area contributed by atoms with Crippen LogP contribution in [-0.2, 0) is 17.8 Å². The van der Waals surface area contributed by atoms with E-state index >= 15 is 0 Å². The highest BCUT2D eigenvalue weighted by atomic mass is 19.1. The van der Waals surface area contributed by atoms with E-state index in [2.05, 4.69) is 25.9 Å². The number of rotatable bonds is 8. The Balaban J connectivity index is 1.43. The molecule has 3 heterocycles. The molecule has 0 radical (unpaired) electrons. The van der Waals surface area contributed by atoms with Crippen molar-refractivity contribution in [3.05, 3.63) is 78.1 Å². The van der Waals surface area contributed by atoms with Crippen molar-refractivity contribution in [2.75, 3.05) is 39.4 Å².